The molecule has 0 saturated carbocycles. The smallest absolute Gasteiger partial charge is 0.0615 e. The van der Waals surface area contributed by atoms with E-state index in [-0.39, 0.29) is 11.5 Å². The molecule has 2 heteroatoms. The minimum absolute atomic E-state index is 0.0903. The number of rotatable bonds is 0. The highest BCUT2D eigenvalue weighted by atomic mass is 16.3. The number of likely N-dealkylation sites (tertiary alicyclic amines) is 1. The lowest BCUT2D eigenvalue weighted by molar-refractivity contribution is -0.0162. The van der Waals surface area contributed by atoms with Crippen molar-refractivity contribution in [2.45, 2.75) is 26.4 Å². The number of hydrogen-bond acceptors (Lipinski definition) is 2. The van der Waals surface area contributed by atoms with Crippen molar-refractivity contribution in [3.63, 3.8) is 0 Å². The molecule has 0 radical (unpaired) electrons. The van der Waals surface area contributed by atoms with Crippen LogP contribution in [0.2, 0.25) is 0 Å². The molecule has 1 aliphatic rings. The molecule has 0 amide bonds. The number of aliphatic hydroxyl groups excluding tert-OH is 1. The Balaban J connectivity index is 2.55. The molecule has 1 atom stereocenters. The SMILES string of the molecule is CN1CC[C@H](O)C(C)(C)C1. The van der Waals surface area contributed by atoms with Gasteiger partial charge >= 0.3 is 0 Å². The van der Waals surface area contributed by atoms with Crippen LogP contribution in [0, 0.1) is 5.41 Å². The van der Waals surface area contributed by atoms with E-state index in [0.717, 1.165) is 19.5 Å². The topological polar surface area (TPSA) is 23.5 Å². The zero-order valence-electron chi connectivity index (χ0n) is 7.09. The predicted octanol–water partition coefficient (Wildman–Crippen LogP) is 0.709. The Morgan fingerprint density at radius 3 is 2.50 bits per heavy atom. The van der Waals surface area contributed by atoms with Gasteiger partial charge in [-0.2, -0.15) is 0 Å². The highest BCUT2D eigenvalue weighted by molar-refractivity contribution is 4.85. The van der Waals surface area contributed by atoms with Gasteiger partial charge < -0.3 is 10.0 Å². The lowest BCUT2D eigenvalue weighted by Gasteiger charge is -2.40. The Hall–Kier alpha value is -0.0800. The van der Waals surface area contributed by atoms with E-state index in [9.17, 15) is 5.11 Å². The maximum atomic E-state index is 9.53. The standard InChI is InChI=1S/C8H17NO/c1-8(2)6-9(3)5-4-7(8)10/h7,10H,4-6H2,1-3H3/t7-/m0/s1. The molecule has 0 aromatic rings. The fourth-order valence-electron chi connectivity index (χ4n) is 1.61. The minimum atomic E-state index is -0.108. The van der Waals surface area contributed by atoms with Crippen LogP contribution in [0.25, 0.3) is 0 Å². The Morgan fingerprint density at radius 2 is 2.10 bits per heavy atom. The molecule has 1 aliphatic heterocycles. The molecule has 0 aliphatic carbocycles. The van der Waals surface area contributed by atoms with Crippen molar-refractivity contribution >= 4 is 0 Å². The zero-order chi connectivity index (χ0) is 7.78. The third kappa shape index (κ3) is 1.50. The van der Waals surface area contributed by atoms with Gasteiger partial charge in [-0.1, -0.05) is 13.8 Å². The Labute approximate surface area is 62.8 Å². The summed E-state index contributed by atoms with van der Waals surface area (Å²) in [5, 5.41) is 9.53. The van der Waals surface area contributed by atoms with Crippen molar-refractivity contribution in [3.05, 3.63) is 0 Å². The van der Waals surface area contributed by atoms with Gasteiger partial charge in [0.2, 0.25) is 0 Å². The fraction of sp³-hybridized carbons (Fsp3) is 1.00. The normalized spacial score (nSPS) is 34.2. The molecule has 0 bridgehead atoms. The van der Waals surface area contributed by atoms with Crippen molar-refractivity contribution in [2.75, 3.05) is 20.1 Å². The lowest BCUT2D eigenvalue weighted by Crippen LogP contribution is -2.46. The molecule has 60 valence electrons. The Morgan fingerprint density at radius 1 is 1.50 bits per heavy atom. The average Bonchev–Trinajstić information content (AvgIpc) is 1.78. The van der Waals surface area contributed by atoms with Gasteiger partial charge in [-0.3, -0.25) is 0 Å². The van der Waals surface area contributed by atoms with E-state index in [1.165, 1.54) is 0 Å². The van der Waals surface area contributed by atoms with E-state index in [1.807, 2.05) is 0 Å². The monoisotopic (exact) mass is 143 g/mol. The van der Waals surface area contributed by atoms with Crippen LogP contribution < -0.4 is 0 Å². The van der Waals surface area contributed by atoms with Crippen molar-refractivity contribution in [1.29, 1.82) is 0 Å². The summed E-state index contributed by atoms with van der Waals surface area (Å²) >= 11 is 0. The molecule has 2 nitrogen and oxygen atoms in total. The second kappa shape index (κ2) is 2.51. The van der Waals surface area contributed by atoms with Crippen molar-refractivity contribution < 1.29 is 5.11 Å². The maximum absolute atomic E-state index is 9.53. The average molecular weight is 143 g/mol. The molecule has 1 saturated heterocycles. The van der Waals surface area contributed by atoms with Crippen LogP contribution in [-0.4, -0.2) is 36.2 Å². The molecule has 1 N–H and O–H groups in total. The van der Waals surface area contributed by atoms with E-state index >= 15 is 0 Å². The quantitative estimate of drug-likeness (QED) is 0.540. The van der Waals surface area contributed by atoms with Gasteiger partial charge in [0.15, 0.2) is 0 Å². The van der Waals surface area contributed by atoms with Gasteiger partial charge in [0.25, 0.3) is 0 Å². The van der Waals surface area contributed by atoms with Gasteiger partial charge in [0, 0.05) is 18.5 Å². The summed E-state index contributed by atoms with van der Waals surface area (Å²) in [7, 11) is 2.10. The molecular formula is C8H17NO. The highest BCUT2D eigenvalue weighted by Gasteiger charge is 2.32. The first kappa shape index (κ1) is 8.02. The van der Waals surface area contributed by atoms with Crippen LogP contribution >= 0.6 is 0 Å². The molecule has 10 heavy (non-hydrogen) atoms. The molecule has 1 fully saturated rings. The predicted molar refractivity (Wildman–Crippen MR) is 41.9 cm³/mol. The molecule has 0 aromatic carbocycles. The van der Waals surface area contributed by atoms with E-state index < -0.39 is 0 Å². The van der Waals surface area contributed by atoms with E-state index in [1.54, 1.807) is 0 Å². The minimum Gasteiger partial charge on any atom is -0.392 e. The second-order valence-corrected chi connectivity index (χ2v) is 4.03. The summed E-state index contributed by atoms with van der Waals surface area (Å²) < 4.78 is 0. The molecule has 0 unspecified atom stereocenters. The first-order valence-corrected chi connectivity index (χ1v) is 3.89. The largest absolute Gasteiger partial charge is 0.392 e. The van der Waals surface area contributed by atoms with E-state index in [2.05, 4.69) is 25.8 Å². The Kier molecular flexibility index (Phi) is 2.02. The van der Waals surface area contributed by atoms with Gasteiger partial charge in [-0.25, -0.2) is 0 Å². The van der Waals surface area contributed by atoms with Crippen LogP contribution in [0.4, 0.5) is 0 Å². The van der Waals surface area contributed by atoms with Crippen LogP contribution in [0.5, 0.6) is 0 Å². The number of hydrogen-bond donors (Lipinski definition) is 1. The van der Waals surface area contributed by atoms with Crippen LogP contribution in [0.1, 0.15) is 20.3 Å². The van der Waals surface area contributed by atoms with Gasteiger partial charge in [-0.05, 0) is 13.5 Å². The van der Waals surface area contributed by atoms with Gasteiger partial charge in [0.1, 0.15) is 0 Å². The second-order valence-electron chi connectivity index (χ2n) is 4.03. The summed E-state index contributed by atoms with van der Waals surface area (Å²) in [6.07, 6.45) is 0.812. The molecule has 1 rings (SSSR count). The number of piperidine rings is 1. The highest BCUT2D eigenvalue weighted by Crippen LogP contribution is 2.27. The van der Waals surface area contributed by atoms with Crippen LogP contribution in [0.3, 0.4) is 0 Å². The van der Waals surface area contributed by atoms with E-state index in [0.29, 0.717) is 0 Å². The Bertz CT molecular complexity index is 122. The summed E-state index contributed by atoms with van der Waals surface area (Å²) in [5.74, 6) is 0. The van der Waals surface area contributed by atoms with Crippen molar-refractivity contribution in [1.82, 2.24) is 4.90 Å². The third-order valence-electron chi connectivity index (χ3n) is 2.36. The van der Waals surface area contributed by atoms with Crippen molar-refractivity contribution in [2.24, 2.45) is 5.41 Å². The molecular weight excluding hydrogens is 126 g/mol. The lowest BCUT2D eigenvalue weighted by atomic mass is 9.81. The van der Waals surface area contributed by atoms with E-state index in [4.69, 9.17) is 0 Å². The number of aliphatic hydroxyl groups is 1. The summed E-state index contributed by atoms with van der Waals surface area (Å²) in [5.41, 5.74) is 0.0903. The first-order valence-electron chi connectivity index (χ1n) is 3.89. The molecule has 0 spiro atoms. The summed E-state index contributed by atoms with van der Waals surface area (Å²) in [6, 6.07) is 0. The molecule has 1 heterocycles. The third-order valence-corrected chi connectivity index (χ3v) is 2.36. The summed E-state index contributed by atoms with van der Waals surface area (Å²) in [4.78, 5) is 2.27. The summed E-state index contributed by atoms with van der Waals surface area (Å²) in [6.45, 7) is 6.28. The first-order chi connectivity index (χ1) is 4.52. The molecule has 0 aromatic heterocycles. The zero-order valence-corrected chi connectivity index (χ0v) is 7.09. The number of nitrogens with zero attached hydrogens (tertiary/aromatic N) is 1. The van der Waals surface area contributed by atoms with Gasteiger partial charge in [-0.15, -0.1) is 0 Å². The van der Waals surface area contributed by atoms with Crippen LogP contribution in [0.15, 0.2) is 0 Å². The van der Waals surface area contributed by atoms with Crippen molar-refractivity contribution in [3.8, 4) is 0 Å². The fourth-order valence-corrected chi connectivity index (χ4v) is 1.61. The van der Waals surface area contributed by atoms with Crippen LogP contribution in [-0.2, 0) is 0 Å². The van der Waals surface area contributed by atoms with Gasteiger partial charge in [0.05, 0.1) is 6.10 Å². The maximum Gasteiger partial charge on any atom is 0.0615 e.